The Labute approximate surface area is 103 Å². The van der Waals surface area contributed by atoms with Gasteiger partial charge in [0.05, 0.1) is 6.10 Å². The van der Waals surface area contributed by atoms with Gasteiger partial charge in [0.1, 0.15) is 0 Å². The van der Waals surface area contributed by atoms with Gasteiger partial charge in [-0.05, 0) is 40.3 Å². The Hall–Kier alpha value is 0.160. The van der Waals surface area contributed by atoms with Crippen molar-refractivity contribution in [3.05, 3.63) is 33.4 Å². The normalized spacial score (nSPS) is 12.8. The maximum atomic E-state index is 9.18. The van der Waals surface area contributed by atoms with Gasteiger partial charge < -0.3 is 10.4 Å². The largest absolute Gasteiger partial charge is 0.391 e. The zero-order valence-electron chi connectivity index (χ0n) is 7.71. The van der Waals surface area contributed by atoms with Crippen LogP contribution < -0.4 is 5.32 Å². The molecule has 0 aromatic heterocycles. The quantitative estimate of drug-likeness (QED) is 0.641. The molecule has 0 aliphatic carbocycles. The maximum Gasteiger partial charge on any atom is 0.0799 e. The number of benzene rings is 1. The molecule has 1 unspecified atom stereocenters. The molecule has 14 heavy (non-hydrogen) atoms. The molecule has 0 fully saturated rings. The Bertz CT molecular complexity index is 265. The molecular formula is C10H13ClINO. The van der Waals surface area contributed by atoms with Crippen molar-refractivity contribution in [2.45, 2.75) is 12.6 Å². The molecule has 0 radical (unpaired) electrons. The number of hydrogen-bond acceptors (Lipinski definition) is 2. The van der Waals surface area contributed by atoms with Crippen molar-refractivity contribution < 1.29 is 5.11 Å². The lowest BCUT2D eigenvalue weighted by molar-refractivity contribution is 0.194. The van der Waals surface area contributed by atoms with E-state index in [9.17, 15) is 5.11 Å². The molecule has 0 aliphatic heterocycles. The third-order valence-electron chi connectivity index (χ3n) is 1.80. The number of alkyl halides is 1. The van der Waals surface area contributed by atoms with E-state index in [1.807, 2.05) is 0 Å². The average molecular weight is 326 g/mol. The summed E-state index contributed by atoms with van der Waals surface area (Å²) in [5.41, 5.74) is 1.21. The summed E-state index contributed by atoms with van der Waals surface area (Å²) in [6.07, 6.45) is -0.458. The van der Waals surface area contributed by atoms with E-state index < -0.39 is 6.10 Å². The summed E-state index contributed by atoms with van der Waals surface area (Å²) < 4.78 is 1.23. The number of aliphatic hydroxyl groups excluding tert-OH is 1. The fourth-order valence-electron chi connectivity index (χ4n) is 1.04. The van der Waals surface area contributed by atoms with Crippen LogP contribution in [0.3, 0.4) is 0 Å². The second-order valence-electron chi connectivity index (χ2n) is 3.07. The fraction of sp³-hybridized carbons (Fsp3) is 0.400. The second kappa shape index (κ2) is 6.61. The highest BCUT2D eigenvalue weighted by Gasteiger charge is 2.00. The van der Waals surface area contributed by atoms with Gasteiger partial charge in [-0.15, -0.1) is 11.6 Å². The molecule has 0 spiro atoms. The summed E-state index contributed by atoms with van der Waals surface area (Å²) in [7, 11) is 0. The predicted octanol–water partition coefficient (Wildman–Crippen LogP) is 1.98. The molecule has 1 atom stereocenters. The molecule has 0 saturated heterocycles. The Morgan fingerprint density at radius 1 is 1.36 bits per heavy atom. The van der Waals surface area contributed by atoms with Gasteiger partial charge in [0.25, 0.3) is 0 Å². The van der Waals surface area contributed by atoms with Crippen molar-refractivity contribution >= 4 is 34.2 Å². The van der Waals surface area contributed by atoms with E-state index in [1.54, 1.807) is 0 Å². The van der Waals surface area contributed by atoms with E-state index in [4.69, 9.17) is 11.6 Å². The van der Waals surface area contributed by atoms with Crippen molar-refractivity contribution in [3.63, 3.8) is 0 Å². The van der Waals surface area contributed by atoms with E-state index in [2.05, 4.69) is 52.2 Å². The zero-order valence-corrected chi connectivity index (χ0v) is 10.6. The summed E-state index contributed by atoms with van der Waals surface area (Å²) in [5.74, 6) is 0.277. The van der Waals surface area contributed by atoms with E-state index in [0.29, 0.717) is 6.54 Å². The minimum Gasteiger partial charge on any atom is -0.391 e. The molecule has 0 bridgehead atoms. The third kappa shape index (κ3) is 4.59. The molecule has 1 rings (SSSR count). The summed E-state index contributed by atoms with van der Waals surface area (Å²) >= 11 is 7.74. The van der Waals surface area contributed by atoms with Crippen LogP contribution in [0.15, 0.2) is 24.3 Å². The number of halogens is 2. The first kappa shape index (κ1) is 12.2. The van der Waals surface area contributed by atoms with Crippen LogP contribution in [0.5, 0.6) is 0 Å². The molecule has 0 aliphatic rings. The lowest BCUT2D eigenvalue weighted by Crippen LogP contribution is -2.27. The molecule has 2 N–H and O–H groups in total. The molecule has 78 valence electrons. The standard InChI is InChI=1S/C10H13ClINO/c11-5-10(14)7-13-6-8-1-3-9(12)4-2-8/h1-4,10,13-14H,5-7H2. The van der Waals surface area contributed by atoms with Crippen LogP contribution in [-0.2, 0) is 6.54 Å². The van der Waals surface area contributed by atoms with Gasteiger partial charge in [0, 0.05) is 22.5 Å². The lowest BCUT2D eigenvalue weighted by atomic mass is 10.2. The van der Waals surface area contributed by atoms with E-state index in [0.717, 1.165) is 6.54 Å². The monoisotopic (exact) mass is 325 g/mol. The first-order valence-corrected chi connectivity index (χ1v) is 6.03. The predicted molar refractivity (Wildman–Crippen MR) is 67.6 cm³/mol. The van der Waals surface area contributed by atoms with Gasteiger partial charge >= 0.3 is 0 Å². The van der Waals surface area contributed by atoms with Crippen LogP contribution in [0, 0.1) is 3.57 Å². The van der Waals surface area contributed by atoms with Gasteiger partial charge in [-0.3, -0.25) is 0 Å². The van der Waals surface area contributed by atoms with Crippen LogP contribution in [0.1, 0.15) is 5.56 Å². The fourth-order valence-corrected chi connectivity index (χ4v) is 1.51. The Balaban J connectivity index is 2.28. The smallest absolute Gasteiger partial charge is 0.0799 e. The van der Waals surface area contributed by atoms with Crippen LogP contribution >= 0.6 is 34.2 Å². The van der Waals surface area contributed by atoms with Gasteiger partial charge in [-0.1, -0.05) is 12.1 Å². The molecule has 0 saturated carbocycles. The summed E-state index contributed by atoms with van der Waals surface area (Å²) in [6.45, 7) is 1.31. The topological polar surface area (TPSA) is 32.3 Å². The minimum atomic E-state index is -0.458. The third-order valence-corrected chi connectivity index (χ3v) is 2.88. The van der Waals surface area contributed by atoms with Crippen molar-refractivity contribution in [1.29, 1.82) is 0 Å². The number of hydrogen-bond donors (Lipinski definition) is 2. The molecule has 1 aromatic carbocycles. The maximum absolute atomic E-state index is 9.18. The van der Waals surface area contributed by atoms with Gasteiger partial charge in [-0.2, -0.15) is 0 Å². The van der Waals surface area contributed by atoms with Crippen molar-refractivity contribution in [2.24, 2.45) is 0 Å². The summed E-state index contributed by atoms with van der Waals surface area (Å²) in [5, 5.41) is 12.3. The highest BCUT2D eigenvalue weighted by atomic mass is 127. The molecule has 4 heteroatoms. The summed E-state index contributed by atoms with van der Waals surface area (Å²) in [6, 6.07) is 8.27. The molecular weight excluding hydrogens is 312 g/mol. The first-order valence-electron chi connectivity index (χ1n) is 4.41. The second-order valence-corrected chi connectivity index (χ2v) is 4.62. The SMILES string of the molecule is OC(CCl)CNCc1ccc(I)cc1. The van der Waals surface area contributed by atoms with Crippen molar-refractivity contribution in [3.8, 4) is 0 Å². The van der Waals surface area contributed by atoms with Crippen LogP contribution in [0.4, 0.5) is 0 Å². The Kier molecular flexibility index (Phi) is 5.77. The number of aliphatic hydroxyl groups is 1. The van der Waals surface area contributed by atoms with E-state index in [-0.39, 0.29) is 5.88 Å². The zero-order chi connectivity index (χ0) is 10.4. The first-order chi connectivity index (χ1) is 6.72. The van der Waals surface area contributed by atoms with Crippen LogP contribution in [-0.4, -0.2) is 23.6 Å². The minimum absolute atomic E-state index is 0.277. The Morgan fingerprint density at radius 2 is 2.00 bits per heavy atom. The number of rotatable bonds is 5. The van der Waals surface area contributed by atoms with E-state index >= 15 is 0 Å². The van der Waals surface area contributed by atoms with Gasteiger partial charge in [0.15, 0.2) is 0 Å². The molecule has 2 nitrogen and oxygen atoms in total. The average Bonchev–Trinajstić information content (AvgIpc) is 2.21. The molecule has 0 amide bonds. The van der Waals surface area contributed by atoms with Gasteiger partial charge in [0.2, 0.25) is 0 Å². The van der Waals surface area contributed by atoms with Crippen LogP contribution in [0.2, 0.25) is 0 Å². The van der Waals surface area contributed by atoms with Crippen molar-refractivity contribution in [1.82, 2.24) is 5.32 Å². The van der Waals surface area contributed by atoms with E-state index in [1.165, 1.54) is 9.13 Å². The Morgan fingerprint density at radius 3 is 2.57 bits per heavy atom. The number of nitrogens with one attached hydrogen (secondary N) is 1. The lowest BCUT2D eigenvalue weighted by Gasteiger charge is -2.08. The molecule has 1 aromatic rings. The highest BCUT2D eigenvalue weighted by Crippen LogP contribution is 2.06. The van der Waals surface area contributed by atoms with Gasteiger partial charge in [-0.25, -0.2) is 0 Å². The molecule has 0 heterocycles. The summed E-state index contributed by atoms with van der Waals surface area (Å²) in [4.78, 5) is 0. The van der Waals surface area contributed by atoms with Crippen molar-refractivity contribution in [2.75, 3.05) is 12.4 Å². The van der Waals surface area contributed by atoms with Crippen LogP contribution in [0.25, 0.3) is 0 Å². The highest BCUT2D eigenvalue weighted by molar-refractivity contribution is 14.1.